The summed E-state index contributed by atoms with van der Waals surface area (Å²) >= 11 is 6.24. The lowest BCUT2D eigenvalue weighted by Crippen LogP contribution is -1.99. The monoisotopic (exact) mass is 413 g/mol. The number of hydrogen-bond acceptors (Lipinski definition) is 3. The lowest BCUT2D eigenvalue weighted by molar-refractivity contribution is 1.06. The van der Waals surface area contributed by atoms with E-state index in [1.54, 1.807) is 0 Å². The molecule has 0 amide bonds. The second kappa shape index (κ2) is 8.76. The minimum absolute atomic E-state index is 0.202. The zero-order valence-corrected chi connectivity index (χ0v) is 18.2. The van der Waals surface area contributed by atoms with E-state index in [-0.39, 0.29) is 5.28 Å². The zero-order valence-electron chi connectivity index (χ0n) is 17.5. The maximum Gasteiger partial charge on any atom is 0.226 e. The molecule has 0 aliphatic heterocycles. The maximum atomic E-state index is 6.24. The van der Waals surface area contributed by atoms with Gasteiger partial charge in [0.05, 0.1) is 0 Å². The van der Waals surface area contributed by atoms with Gasteiger partial charge in [-0.1, -0.05) is 80.1 Å². The van der Waals surface area contributed by atoms with E-state index in [1.165, 1.54) is 27.8 Å². The van der Waals surface area contributed by atoms with Crippen LogP contribution in [0.15, 0.2) is 66.7 Å². The summed E-state index contributed by atoms with van der Waals surface area (Å²) in [6.45, 7) is 6.52. The van der Waals surface area contributed by atoms with Crippen LogP contribution in [0.5, 0.6) is 0 Å². The Morgan fingerprint density at radius 2 is 1.27 bits per heavy atom. The van der Waals surface area contributed by atoms with Crippen molar-refractivity contribution in [3.05, 3.63) is 88.7 Å². The number of nitrogens with zero attached hydrogens (tertiary/aromatic N) is 3. The van der Waals surface area contributed by atoms with Gasteiger partial charge in [0, 0.05) is 11.1 Å². The van der Waals surface area contributed by atoms with Crippen LogP contribution < -0.4 is 0 Å². The Kier molecular flexibility index (Phi) is 5.91. The van der Waals surface area contributed by atoms with Crippen molar-refractivity contribution in [2.45, 2.75) is 33.6 Å². The molecule has 4 rings (SSSR count). The van der Waals surface area contributed by atoms with Crippen LogP contribution in [0.25, 0.3) is 33.9 Å². The molecule has 0 aliphatic carbocycles. The molecule has 0 N–H and O–H groups in total. The molecule has 0 atom stereocenters. The van der Waals surface area contributed by atoms with Crippen LogP contribution in [0.4, 0.5) is 0 Å². The van der Waals surface area contributed by atoms with Gasteiger partial charge in [0.15, 0.2) is 11.6 Å². The molecule has 4 aromatic rings. The van der Waals surface area contributed by atoms with Gasteiger partial charge >= 0.3 is 0 Å². The number of aryl methyl sites for hydroxylation is 3. The van der Waals surface area contributed by atoms with Crippen molar-refractivity contribution in [1.29, 1.82) is 0 Å². The molecule has 0 bridgehead atoms. The quantitative estimate of drug-likeness (QED) is 0.355. The summed E-state index contributed by atoms with van der Waals surface area (Å²) < 4.78 is 0. The highest BCUT2D eigenvalue weighted by Gasteiger charge is 2.13. The molecule has 0 unspecified atom stereocenters. The fourth-order valence-electron chi connectivity index (χ4n) is 3.76. The fourth-order valence-corrected chi connectivity index (χ4v) is 3.92. The average Bonchev–Trinajstić information content (AvgIpc) is 2.78. The molecule has 0 radical (unpaired) electrons. The number of rotatable bonds is 5. The van der Waals surface area contributed by atoms with Crippen LogP contribution in [-0.4, -0.2) is 15.0 Å². The van der Waals surface area contributed by atoms with Crippen LogP contribution in [0.3, 0.4) is 0 Å². The van der Waals surface area contributed by atoms with E-state index in [0.717, 1.165) is 24.0 Å². The zero-order chi connectivity index (χ0) is 21.1. The van der Waals surface area contributed by atoms with Gasteiger partial charge in [-0.15, -0.1) is 0 Å². The number of benzene rings is 3. The lowest BCUT2D eigenvalue weighted by Gasteiger charge is -2.15. The Morgan fingerprint density at radius 3 is 1.93 bits per heavy atom. The number of aromatic nitrogens is 3. The maximum absolute atomic E-state index is 6.24. The van der Waals surface area contributed by atoms with Crippen LogP contribution in [0.2, 0.25) is 5.28 Å². The largest absolute Gasteiger partial charge is 0.226 e. The Bertz CT molecular complexity index is 1190. The van der Waals surface area contributed by atoms with Crippen molar-refractivity contribution in [3.8, 4) is 33.9 Å². The molecule has 0 saturated heterocycles. The van der Waals surface area contributed by atoms with E-state index in [1.807, 2.05) is 30.3 Å². The van der Waals surface area contributed by atoms with Crippen LogP contribution in [0.1, 0.15) is 30.5 Å². The molecule has 0 spiro atoms. The molecule has 4 heteroatoms. The van der Waals surface area contributed by atoms with E-state index in [2.05, 4.69) is 67.1 Å². The summed E-state index contributed by atoms with van der Waals surface area (Å²) in [5.74, 6) is 1.18. The molecule has 150 valence electrons. The van der Waals surface area contributed by atoms with Crippen molar-refractivity contribution in [2.24, 2.45) is 0 Å². The molecule has 1 heterocycles. The van der Waals surface area contributed by atoms with Crippen molar-refractivity contribution >= 4 is 11.6 Å². The molecule has 3 aromatic carbocycles. The van der Waals surface area contributed by atoms with Gasteiger partial charge in [-0.25, -0.2) is 4.98 Å². The summed E-state index contributed by atoms with van der Waals surface area (Å²) in [6, 6.07) is 23.0. The third kappa shape index (κ3) is 4.12. The fraction of sp³-hybridized carbons (Fsp3) is 0.192. The van der Waals surface area contributed by atoms with E-state index in [0.29, 0.717) is 11.6 Å². The van der Waals surface area contributed by atoms with Gasteiger partial charge in [-0.2, -0.15) is 9.97 Å². The molecule has 0 saturated carbocycles. The molecular weight excluding hydrogens is 390 g/mol. The number of halogens is 1. The third-order valence-electron chi connectivity index (χ3n) is 5.32. The van der Waals surface area contributed by atoms with Gasteiger partial charge in [-0.3, -0.25) is 0 Å². The van der Waals surface area contributed by atoms with E-state index >= 15 is 0 Å². The van der Waals surface area contributed by atoms with Crippen molar-refractivity contribution in [2.75, 3.05) is 0 Å². The standard InChI is InChI=1S/C26H24ClN3/c1-4-18-15-17(3)11-13-22(18)23-14-12-21(16-19(23)5-2)25-28-24(29-26(27)30-25)20-9-7-6-8-10-20/h6-16H,4-5H2,1-3H3. The minimum atomic E-state index is 0.202. The first-order valence-electron chi connectivity index (χ1n) is 10.3. The first kappa shape index (κ1) is 20.2. The highest BCUT2D eigenvalue weighted by Crippen LogP contribution is 2.32. The Balaban J connectivity index is 1.80. The molecule has 0 aliphatic rings. The first-order chi connectivity index (χ1) is 14.6. The average molecular weight is 414 g/mol. The third-order valence-corrected chi connectivity index (χ3v) is 5.49. The predicted octanol–water partition coefficient (Wildman–Crippen LogP) is 6.96. The Hall–Kier alpha value is -3.04. The molecule has 1 aromatic heterocycles. The molecule has 30 heavy (non-hydrogen) atoms. The Labute approximate surface area is 182 Å². The summed E-state index contributed by atoms with van der Waals surface area (Å²) in [7, 11) is 0. The topological polar surface area (TPSA) is 38.7 Å². The van der Waals surface area contributed by atoms with Gasteiger partial charge in [0.2, 0.25) is 5.28 Å². The smallest absolute Gasteiger partial charge is 0.208 e. The summed E-state index contributed by atoms with van der Waals surface area (Å²) in [4.78, 5) is 13.4. The summed E-state index contributed by atoms with van der Waals surface area (Å²) in [6.07, 6.45) is 1.93. The van der Waals surface area contributed by atoms with E-state index < -0.39 is 0 Å². The SMILES string of the molecule is CCc1cc(C)ccc1-c1ccc(-c2nc(Cl)nc(-c3ccccc3)n2)cc1CC. The molecular formula is C26H24ClN3. The van der Waals surface area contributed by atoms with Crippen molar-refractivity contribution < 1.29 is 0 Å². The molecule has 3 nitrogen and oxygen atoms in total. The van der Waals surface area contributed by atoms with Crippen LogP contribution >= 0.6 is 11.6 Å². The van der Waals surface area contributed by atoms with Crippen molar-refractivity contribution in [1.82, 2.24) is 15.0 Å². The van der Waals surface area contributed by atoms with Crippen LogP contribution in [-0.2, 0) is 12.8 Å². The summed E-state index contributed by atoms with van der Waals surface area (Å²) in [5.41, 5.74) is 8.35. The van der Waals surface area contributed by atoms with E-state index in [4.69, 9.17) is 16.6 Å². The van der Waals surface area contributed by atoms with E-state index in [9.17, 15) is 0 Å². The van der Waals surface area contributed by atoms with Gasteiger partial charge < -0.3 is 0 Å². The second-order valence-corrected chi connectivity index (χ2v) is 7.70. The van der Waals surface area contributed by atoms with Gasteiger partial charge in [0.1, 0.15) is 0 Å². The summed E-state index contributed by atoms with van der Waals surface area (Å²) in [5, 5.41) is 0.202. The Morgan fingerprint density at radius 1 is 0.667 bits per heavy atom. The highest BCUT2D eigenvalue weighted by atomic mass is 35.5. The predicted molar refractivity (Wildman–Crippen MR) is 125 cm³/mol. The van der Waals surface area contributed by atoms with Gasteiger partial charge in [0.25, 0.3) is 0 Å². The first-order valence-corrected chi connectivity index (χ1v) is 10.7. The second-order valence-electron chi connectivity index (χ2n) is 7.36. The molecule has 0 fully saturated rings. The minimum Gasteiger partial charge on any atom is -0.208 e. The lowest BCUT2D eigenvalue weighted by atomic mass is 9.91. The number of hydrogen-bond donors (Lipinski definition) is 0. The van der Waals surface area contributed by atoms with Gasteiger partial charge in [-0.05, 0) is 59.7 Å². The van der Waals surface area contributed by atoms with Crippen molar-refractivity contribution in [3.63, 3.8) is 0 Å². The van der Waals surface area contributed by atoms with Crippen LogP contribution in [0, 0.1) is 6.92 Å². The highest BCUT2D eigenvalue weighted by molar-refractivity contribution is 6.28. The normalized spacial score (nSPS) is 10.9.